The van der Waals surface area contributed by atoms with Crippen molar-refractivity contribution in [3.8, 4) is 0 Å². The van der Waals surface area contributed by atoms with Crippen LogP contribution >= 0.6 is 0 Å². The number of sulfonamides is 1. The molecule has 1 fully saturated rings. The van der Waals surface area contributed by atoms with Gasteiger partial charge in [0.05, 0.1) is 5.97 Å². The predicted octanol–water partition coefficient (Wildman–Crippen LogP) is -0.264. The fraction of sp³-hybridized carbons (Fsp3) is 0.500. The summed E-state index contributed by atoms with van der Waals surface area (Å²) in [6.07, 6.45) is 1.62. The monoisotopic (exact) mass is 258 g/mol. The summed E-state index contributed by atoms with van der Waals surface area (Å²) in [5.41, 5.74) is -0.220. The van der Waals surface area contributed by atoms with Crippen molar-refractivity contribution in [2.45, 2.75) is 24.9 Å². The molecule has 1 aromatic rings. The number of carbonyl (C=O) groups excluding carboxylic acids is 1. The van der Waals surface area contributed by atoms with Gasteiger partial charge in [0.2, 0.25) is 5.09 Å². The molecule has 7 heteroatoms. The van der Waals surface area contributed by atoms with Crippen LogP contribution in [0.2, 0.25) is 0 Å². The molecule has 0 atom stereocenters. The summed E-state index contributed by atoms with van der Waals surface area (Å²) in [6, 6.07) is 1.01. The van der Waals surface area contributed by atoms with Gasteiger partial charge in [-0.05, 0) is 19.8 Å². The Bertz CT molecular complexity index is 539. The second kappa shape index (κ2) is 4.15. The second-order valence-electron chi connectivity index (χ2n) is 3.93. The molecule has 0 spiro atoms. The van der Waals surface area contributed by atoms with Crippen molar-refractivity contribution in [1.82, 2.24) is 4.31 Å². The lowest BCUT2D eigenvalue weighted by Gasteiger charge is -2.12. The molecule has 2 heterocycles. The fourth-order valence-corrected chi connectivity index (χ4v) is 3.33. The average molecular weight is 258 g/mol. The van der Waals surface area contributed by atoms with E-state index in [2.05, 4.69) is 0 Å². The first-order valence-corrected chi connectivity index (χ1v) is 6.69. The van der Waals surface area contributed by atoms with Crippen molar-refractivity contribution in [3.05, 3.63) is 17.4 Å². The van der Waals surface area contributed by atoms with E-state index < -0.39 is 16.0 Å². The van der Waals surface area contributed by atoms with E-state index >= 15 is 0 Å². The minimum atomic E-state index is -3.70. The molecule has 1 aliphatic heterocycles. The number of nitrogens with zero attached hydrogens (tertiary/aromatic N) is 1. The predicted molar refractivity (Wildman–Crippen MR) is 55.8 cm³/mol. The van der Waals surface area contributed by atoms with Crippen LogP contribution in [0, 0.1) is 6.92 Å². The molecule has 1 aliphatic rings. The first-order valence-electron chi connectivity index (χ1n) is 5.25. The molecule has 0 aliphatic carbocycles. The number of hydrogen-bond acceptors (Lipinski definition) is 5. The molecule has 0 amide bonds. The van der Waals surface area contributed by atoms with Crippen LogP contribution in [0.25, 0.3) is 0 Å². The Labute approximate surface area is 98.9 Å². The van der Waals surface area contributed by atoms with Crippen LogP contribution in [-0.4, -0.2) is 31.8 Å². The molecule has 17 heavy (non-hydrogen) atoms. The van der Waals surface area contributed by atoms with E-state index in [-0.39, 0.29) is 16.4 Å². The van der Waals surface area contributed by atoms with Gasteiger partial charge in [-0.1, -0.05) is 0 Å². The van der Waals surface area contributed by atoms with Crippen molar-refractivity contribution in [2.24, 2.45) is 0 Å². The number of aromatic carboxylic acids is 1. The number of carbonyl (C=O) groups is 1. The third-order valence-electron chi connectivity index (χ3n) is 2.77. The Morgan fingerprint density at radius 2 is 2.00 bits per heavy atom. The summed E-state index contributed by atoms with van der Waals surface area (Å²) in [6.45, 7) is 2.29. The van der Waals surface area contributed by atoms with Crippen molar-refractivity contribution in [1.29, 1.82) is 0 Å². The minimum absolute atomic E-state index is 0.0442. The van der Waals surface area contributed by atoms with Gasteiger partial charge in [0.25, 0.3) is 10.0 Å². The van der Waals surface area contributed by atoms with Crippen LogP contribution in [0.5, 0.6) is 0 Å². The van der Waals surface area contributed by atoms with Crippen molar-refractivity contribution < 1.29 is 22.7 Å². The Morgan fingerprint density at radius 1 is 1.41 bits per heavy atom. The number of carboxylic acid groups (broad SMARTS) is 1. The molecule has 0 bridgehead atoms. The van der Waals surface area contributed by atoms with Gasteiger partial charge in [0, 0.05) is 24.7 Å². The van der Waals surface area contributed by atoms with Crippen LogP contribution in [-0.2, 0) is 10.0 Å². The van der Waals surface area contributed by atoms with E-state index in [9.17, 15) is 18.3 Å². The third-order valence-corrected chi connectivity index (χ3v) is 4.53. The molecular formula is C10H12NO5S-. The van der Waals surface area contributed by atoms with Gasteiger partial charge in [0.1, 0.15) is 5.76 Å². The maximum atomic E-state index is 12.0. The van der Waals surface area contributed by atoms with Gasteiger partial charge < -0.3 is 14.3 Å². The lowest BCUT2D eigenvalue weighted by Crippen LogP contribution is -2.27. The Kier molecular flexibility index (Phi) is 2.96. The number of hydrogen-bond donors (Lipinski definition) is 0. The minimum Gasteiger partial charge on any atom is -0.545 e. The summed E-state index contributed by atoms with van der Waals surface area (Å²) in [5.74, 6) is -1.39. The van der Waals surface area contributed by atoms with E-state index in [1.54, 1.807) is 0 Å². The molecule has 0 N–H and O–H groups in total. The molecule has 94 valence electrons. The van der Waals surface area contributed by atoms with Crippen LogP contribution < -0.4 is 5.11 Å². The molecular weight excluding hydrogens is 246 g/mol. The maximum absolute atomic E-state index is 12.0. The summed E-state index contributed by atoms with van der Waals surface area (Å²) in [5, 5.41) is 10.4. The molecule has 1 saturated heterocycles. The smallest absolute Gasteiger partial charge is 0.276 e. The van der Waals surface area contributed by atoms with E-state index in [4.69, 9.17) is 4.42 Å². The number of rotatable bonds is 3. The van der Waals surface area contributed by atoms with Crippen molar-refractivity contribution in [2.75, 3.05) is 13.1 Å². The molecule has 0 saturated carbocycles. The standard InChI is InChI=1S/C10H13NO5S/c1-7-8(10(12)13)6-9(16-7)17(14,15)11-4-2-3-5-11/h6H,2-5H2,1H3,(H,12,13)/p-1. The fourth-order valence-electron chi connectivity index (χ4n) is 1.84. The van der Waals surface area contributed by atoms with Gasteiger partial charge in [-0.2, -0.15) is 4.31 Å². The van der Waals surface area contributed by atoms with Gasteiger partial charge in [-0.15, -0.1) is 0 Å². The molecule has 6 nitrogen and oxygen atoms in total. The summed E-state index contributed by atoms with van der Waals surface area (Å²) in [7, 11) is -3.70. The lowest BCUT2D eigenvalue weighted by molar-refractivity contribution is -0.255. The maximum Gasteiger partial charge on any atom is 0.276 e. The molecule has 0 radical (unpaired) electrons. The normalized spacial score (nSPS) is 17.5. The highest BCUT2D eigenvalue weighted by Crippen LogP contribution is 2.24. The SMILES string of the molecule is Cc1oc(S(=O)(=O)N2CCCC2)cc1C(=O)[O-]. The van der Waals surface area contributed by atoms with Gasteiger partial charge >= 0.3 is 0 Å². The largest absolute Gasteiger partial charge is 0.545 e. The number of carboxylic acids is 1. The highest BCUT2D eigenvalue weighted by molar-refractivity contribution is 7.89. The number of furan rings is 1. The van der Waals surface area contributed by atoms with E-state index in [1.807, 2.05) is 0 Å². The first-order chi connectivity index (χ1) is 7.93. The Balaban J connectivity index is 2.40. The zero-order valence-electron chi connectivity index (χ0n) is 9.30. The van der Waals surface area contributed by atoms with E-state index in [0.717, 1.165) is 18.9 Å². The van der Waals surface area contributed by atoms with Crippen LogP contribution in [0.1, 0.15) is 29.0 Å². The molecule has 2 rings (SSSR count). The summed E-state index contributed by atoms with van der Waals surface area (Å²) >= 11 is 0. The molecule has 0 aromatic carbocycles. The van der Waals surface area contributed by atoms with E-state index in [0.29, 0.717) is 13.1 Å². The quantitative estimate of drug-likeness (QED) is 0.744. The number of aryl methyl sites for hydroxylation is 1. The van der Waals surface area contributed by atoms with Crippen LogP contribution in [0.15, 0.2) is 15.6 Å². The van der Waals surface area contributed by atoms with Gasteiger partial charge in [0.15, 0.2) is 0 Å². The van der Waals surface area contributed by atoms with Crippen LogP contribution in [0.3, 0.4) is 0 Å². The third kappa shape index (κ3) is 2.07. The Morgan fingerprint density at radius 3 is 2.47 bits per heavy atom. The highest BCUT2D eigenvalue weighted by atomic mass is 32.2. The van der Waals surface area contributed by atoms with Gasteiger partial charge in [-0.25, -0.2) is 8.42 Å². The zero-order valence-corrected chi connectivity index (χ0v) is 10.1. The lowest BCUT2D eigenvalue weighted by atomic mass is 10.3. The first kappa shape index (κ1) is 12.1. The highest BCUT2D eigenvalue weighted by Gasteiger charge is 2.30. The second-order valence-corrected chi connectivity index (χ2v) is 5.80. The summed E-state index contributed by atoms with van der Waals surface area (Å²) in [4.78, 5) is 10.7. The van der Waals surface area contributed by atoms with Crippen LogP contribution in [0.4, 0.5) is 0 Å². The topological polar surface area (TPSA) is 90.7 Å². The van der Waals surface area contributed by atoms with E-state index in [1.165, 1.54) is 11.2 Å². The average Bonchev–Trinajstić information content (AvgIpc) is 2.84. The van der Waals surface area contributed by atoms with Gasteiger partial charge in [-0.3, -0.25) is 0 Å². The molecule has 1 aromatic heterocycles. The zero-order chi connectivity index (χ0) is 12.6. The molecule has 0 unspecified atom stereocenters. The Hall–Kier alpha value is -1.34. The van der Waals surface area contributed by atoms with Crippen molar-refractivity contribution in [3.63, 3.8) is 0 Å². The van der Waals surface area contributed by atoms with Crippen molar-refractivity contribution >= 4 is 16.0 Å². The summed E-state index contributed by atoms with van der Waals surface area (Å²) < 4.78 is 30.4.